The van der Waals surface area contributed by atoms with E-state index in [2.05, 4.69) is 25.9 Å². The van der Waals surface area contributed by atoms with Crippen LogP contribution in [0.1, 0.15) is 27.8 Å². The normalized spacial score (nSPS) is 10.5. The molecule has 26 heavy (non-hydrogen) atoms. The molecule has 2 aromatic heterocycles. The van der Waals surface area contributed by atoms with Crippen LogP contribution in [0.3, 0.4) is 0 Å². The predicted molar refractivity (Wildman–Crippen MR) is 85.4 cm³/mol. The predicted octanol–water partition coefficient (Wildman–Crippen LogP) is 1.62. The number of rotatable bonds is 6. The molecule has 3 aromatic rings. The Kier molecular flexibility index (Phi) is 5.02. The Balaban J connectivity index is 1.53. The Labute approximate surface area is 146 Å². The molecule has 2 N–H and O–H groups in total. The summed E-state index contributed by atoms with van der Waals surface area (Å²) in [5, 5.41) is 12.2. The van der Waals surface area contributed by atoms with Gasteiger partial charge < -0.3 is 19.7 Å². The lowest BCUT2D eigenvalue weighted by Gasteiger charge is -2.02. The summed E-state index contributed by atoms with van der Waals surface area (Å²) in [5.41, 5.74) is 0.584. The van der Waals surface area contributed by atoms with E-state index in [1.165, 1.54) is 18.2 Å². The number of halogens is 1. The quantitative estimate of drug-likeness (QED) is 0.685. The lowest BCUT2D eigenvalue weighted by Crippen LogP contribution is -2.23. The number of aromatic nitrogens is 3. The van der Waals surface area contributed by atoms with Crippen LogP contribution in [0.5, 0.6) is 0 Å². The maximum absolute atomic E-state index is 13.1. The molecular weight excluding hydrogens is 345 g/mol. The minimum Gasteiger partial charge on any atom is -0.360 e. The summed E-state index contributed by atoms with van der Waals surface area (Å²) in [4.78, 5) is 27.7. The van der Waals surface area contributed by atoms with E-state index in [0.29, 0.717) is 11.3 Å². The Morgan fingerprint density at radius 2 is 2.04 bits per heavy atom. The molecule has 9 nitrogen and oxygen atoms in total. The molecule has 0 atom stereocenters. The van der Waals surface area contributed by atoms with E-state index in [1.54, 1.807) is 19.1 Å². The van der Waals surface area contributed by atoms with E-state index in [1.807, 2.05) is 0 Å². The second-order valence-electron chi connectivity index (χ2n) is 5.38. The highest BCUT2D eigenvalue weighted by molar-refractivity contribution is 5.91. The van der Waals surface area contributed by atoms with Crippen LogP contribution in [0.25, 0.3) is 0 Å². The zero-order valence-corrected chi connectivity index (χ0v) is 13.7. The van der Waals surface area contributed by atoms with Crippen molar-refractivity contribution in [1.29, 1.82) is 0 Å². The fourth-order valence-corrected chi connectivity index (χ4v) is 2.08. The van der Waals surface area contributed by atoms with E-state index in [-0.39, 0.29) is 30.5 Å². The van der Waals surface area contributed by atoms with Gasteiger partial charge in [-0.15, -0.1) is 0 Å². The molecule has 0 aliphatic rings. The van der Waals surface area contributed by atoms with Crippen LogP contribution in [0.15, 0.2) is 39.4 Å². The largest absolute Gasteiger partial charge is 0.360 e. The lowest BCUT2D eigenvalue weighted by atomic mass is 10.2. The number of carbonyl (C=O) groups is 2. The molecule has 0 bridgehead atoms. The van der Waals surface area contributed by atoms with Crippen molar-refractivity contribution >= 4 is 17.6 Å². The average Bonchev–Trinajstić information content (AvgIpc) is 3.22. The number of benzene rings is 1. The van der Waals surface area contributed by atoms with Crippen LogP contribution >= 0.6 is 0 Å². The summed E-state index contributed by atoms with van der Waals surface area (Å²) in [6.45, 7) is 1.79. The lowest BCUT2D eigenvalue weighted by molar-refractivity contribution is -0.115. The van der Waals surface area contributed by atoms with Gasteiger partial charge in [0.1, 0.15) is 11.6 Å². The van der Waals surface area contributed by atoms with E-state index in [0.717, 1.165) is 0 Å². The van der Waals surface area contributed by atoms with Crippen molar-refractivity contribution in [2.75, 3.05) is 5.32 Å². The first-order valence-electron chi connectivity index (χ1n) is 7.58. The first-order chi connectivity index (χ1) is 12.5. The molecule has 0 radical (unpaired) electrons. The highest BCUT2D eigenvalue weighted by Crippen LogP contribution is 2.08. The van der Waals surface area contributed by atoms with Crippen molar-refractivity contribution in [2.24, 2.45) is 0 Å². The third-order valence-electron chi connectivity index (χ3n) is 3.22. The van der Waals surface area contributed by atoms with Crippen molar-refractivity contribution < 1.29 is 23.0 Å². The van der Waals surface area contributed by atoms with Gasteiger partial charge in [-0.2, -0.15) is 4.98 Å². The number of aryl methyl sites for hydroxylation is 1. The van der Waals surface area contributed by atoms with Crippen LogP contribution in [0.4, 0.5) is 10.2 Å². The molecule has 3 rings (SSSR count). The summed E-state index contributed by atoms with van der Waals surface area (Å²) in [6, 6.07) is 7.37. The van der Waals surface area contributed by atoms with Crippen molar-refractivity contribution in [2.45, 2.75) is 19.9 Å². The Bertz CT molecular complexity index is 936. The number of nitrogens with one attached hydrogen (secondary N) is 2. The summed E-state index contributed by atoms with van der Waals surface area (Å²) in [7, 11) is 0. The highest BCUT2D eigenvalue weighted by Gasteiger charge is 2.17. The minimum absolute atomic E-state index is 0.0404. The van der Waals surface area contributed by atoms with Crippen LogP contribution in [0.2, 0.25) is 0 Å². The molecule has 0 aliphatic heterocycles. The fraction of sp³-hybridized carbons (Fsp3) is 0.188. The van der Waals surface area contributed by atoms with Crippen molar-refractivity contribution in [3.63, 3.8) is 0 Å². The number of hydrogen-bond acceptors (Lipinski definition) is 7. The van der Waals surface area contributed by atoms with Gasteiger partial charge in [0.25, 0.3) is 0 Å². The minimum atomic E-state index is -0.624. The Morgan fingerprint density at radius 3 is 2.77 bits per heavy atom. The van der Waals surface area contributed by atoms with Crippen LogP contribution in [0, 0.1) is 12.7 Å². The van der Waals surface area contributed by atoms with Gasteiger partial charge in [0.05, 0.1) is 6.42 Å². The standard InChI is InChI=1S/C16H14FN5O4/c1-9-5-12(21-25-9)19-14(23)7-13-20-16(26-22-13)15(24)18-8-10-3-2-4-11(17)6-10/h2-6H,7-8H2,1H3,(H,18,24)(H,19,21,23). The second kappa shape index (κ2) is 7.55. The molecule has 0 unspecified atom stereocenters. The SMILES string of the molecule is Cc1cc(NC(=O)Cc2noc(C(=O)NCc3cccc(F)c3)n2)no1. The third-order valence-corrected chi connectivity index (χ3v) is 3.22. The van der Waals surface area contributed by atoms with E-state index < -0.39 is 17.6 Å². The third kappa shape index (κ3) is 4.50. The first kappa shape index (κ1) is 17.3. The van der Waals surface area contributed by atoms with Crippen LogP contribution in [-0.2, 0) is 17.8 Å². The zero-order chi connectivity index (χ0) is 18.5. The fourth-order valence-electron chi connectivity index (χ4n) is 2.08. The first-order valence-corrected chi connectivity index (χ1v) is 7.58. The topological polar surface area (TPSA) is 123 Å². The summed E-state index contributed by atoms with van der Waals surface area (Å²) in [5.74, 6) is -0.891. The van der Waals surface area contributed by atoms with E-state index >= 15 is 0 Å². The molecule has 2 amide bonds. The summed E-state index contributed by atoms with van der Waals surface area (Å²) < 4.78 is 22.8. The van der Waals surface area contributed by atoms with Gasteiger partial charge >= 0.3 is 11.8 Å². The van der Waals surface area contributed by atoms with E-state index in [9.17, 15) is 14.0 Å². The maximum Gasteiger partial charge on any atom is 0.315 e. The van der Waals surface area contributed by atoms with Crippen molar-refractivity contribution in [3.8, 4) is 0 Å². The second-order valence-corrected chi connectivity index (χ2v) is 5.38. The van der Waals surface area contributed by atoms with Gasteiger partial charge in [0.2, 0.25) is 5.91 Å². The number of hydrogen-bond donors (Lipinski definition) is 2. The van der Waals surface area contributed by atoms with Crippen molar-refractivity contribution in [1.82, 2.24) is 20.6 Å². The summed E-state index contributed by atoms with van der Waals surface area (Å²) >= 11 is 0. The number of amides is 2. The average molecular weight is 359 g/mol. The van der Waals surface area contributed by atoms with E-state index in [4.69, 9.17) is 9.05 Å². The van der Waals surface area contributed by atoms with Gasteiger partial charge in [-0.25, -0.2) is 4.39 Å². The number of carbonyl (C=O) groups excluding carboxylic acids is 2. The molecular formula is C16H14FN5O4. The zero-order valence-electron chi connectivity index (χ0n) is 13.7. The monoisotopic (exact) mass is 359 g/mol. The smallest absolute Gasteiger partial charge is 0.315 e. The molecule has 2 heterocycles. The Morgan fingerprint density at radius 1 is 1.19 bits per heavy atom. The molecule has 0 saturated carbocycles. The molecule has 10 heteroatoms. The molecule has 134 valence electrons. The molecule has 0 saturated heterocycles. The van der Waals surface area contributed by atoms with Crippen LogP contribution < -0.4 is 10.6 Å². The molecule has 1 aromatic carbocycles. The van der Waals surface area contributed by atoms with Gasteiger partial charge in [-0.1, -0.05) is 22.4 Å². The number of nitrogens with zero attached hydrogens (tertiary/aromatic N) is 3. The van der Waals surface area contributed by atoms with Crippen molar-refractivity contribution in [3.05, 3.63) is 59.2 Å². The van der Waals surface area contributed by atoms with Crippen LogP contribution in [-0.4, -0.2) is 27.1 Å². The van der Waals surface area contributed by atoms with Gasteiger partial charge in [0.15, 0.2) is 11.6 Å². The molecule has 0 fully saturated rings. The van der Waals surface area contributed by atoms with Gasteiger partial charge in [-0.3, -0.25) is 9.59 Å². The molecule has 0 aliphatic carbocycles. The maximum atomic E-state index is 13.1. The molecule has 0 spiro atoms. The van der Waals surface area contributed by atoms with Gasteiger partial charge in [0, 0.05) is 12.6 Å². The number of anilines is 1. The highest BCUT2D eigenvalue weighted by atomic mass is 19.1. The Hall–Kier alpha value is -3.56. The summed E-state index contributed by atoms with van der Waals surface area (Å²) in [6.07, 6.45) is -0.202. The van der Waals surface area contributed by atoms with Gasteiger partial charge in [-0.05, 0) is 24.6 Å².